The number of nitrogens with two attached hydrogens (primary N) is 1. The Balaban J connectivity index is 1.37. The molecule has 2 N–H and O–H groups in total. The van der Waals surface area contributed by atoms with Crippen LogP contribution in [0.15, 0.2) is 24.3 Å². The molecular weight excluding hydrogens is 362 g/mol. The molecule has 0 spiro atoms. The maximum absolute atomic E-state index is 11.2. The second kappa shape index (κ2) is 8.14. The Labute approximate surface area is 161 Å². The van der Waals surface area contributed by atoms with Crippen LogP contribution in [0.2, 0.25) is 0 Å². The lowest BCUT2D eigenvalue weighted by molar-refractivity contribution is -0.117. The average molecular weight is 385 g/mol. The summed E-state index contributed by atoms with van der Waals surface area (Å²) in [4.78, 5) is 20.5. The van der Waals surface area contributed by atoms with Crippen molar-refractivity contribution in [1.82, 2.24) is 19.7 Å². The second-order valence-corrected chi connectivity index (χ2v) is 7.95. The molecule has 0 bridgehead atoms. The van der Waals surface area contributed by atoms with Gasteiger partial charge in [0.25, 0.3) is 0 Å². The number of nitrogens with zero attached hydrogens (tertiary/aromatic N) is 4. The molecule has 142 valence electrons. The first-order chi connectivity index (χ1) is 13.2. The average Bonchev–Trinajstić information content (AvgIpc) is 3.37. The molecular formula is C19H23N5O2S. The number of benzene rings is 1. The van der Waals surface area contributed by atoms with Gasteiger partial charge in [0, 0.05) is 13.0 Å². The van der Waals surface area contributed by atoms with Crippen molar-refractivity contribution in [1.29, 1.82) is 0 Å². The van der Waals surface area contributed by atoms with Gasteiger partial charge >= 0.3 is 0 Å². The summed E-state index contributed by atoms with van der Waals surface area (Å²) in [7, 11) is 0. The third kappa shape index (κ3) is 4.33. The summed E-state index contributed by atoms with van der Waals surface area (Å²) >= 11 is 1.77. The SMILES string of the molecule is NC(=O)Cc1nc(CCCCc2nc3ccccc3s2)n(C2CCOC2)n1. The lowest BCUT2D eigenvalue weighted by Gasteiger charge is -2.11. The number of rotatable bonds is 8. The number of aromatic nitrogens is 4. The summed E-state index contributed by atoms with van der Waals surface area (Å²) in [6.07, 6.45) is 4.84. The van der Waals surface area contributed by atoms with E-state index in [1.807, 2.05) is 16.8 Å². The fourth-order valence-electron chi connectivity index (χ4n) is 3.40. The van der Waals surface area contributed by atoms with Crippen LogP contribution in [-0.4, -0.2) is 38.9 Å². The van der Waals surface area contributed by atoms with Crippen LogP contribution in [-0.2, 0) is 28.8 Å². The summed E-state index contributed by atoms with van der Waals surface area (Å²) in [5.41, 5.74) is 6.37. The molecule has 7 nitrogen and oxygen atoms in total. The van der Waals surface area contributed by atoms with E-state index in [1.165, 1.54) is 9.71 Å². The number of amides is 1. The molecule has 0 aliphatic carbocycles. The van der Waals surface area contributed by atoms with E-state index in [-0.39, 0.29) is 12.5 Å². The molecule has 27 heavy (non-hydrogen) atoms. The zero-order valence-corrected chi connectivity index (χ0v) is 16.0. The first kappa shape index (κ1) is 18.1. The van der Waals surface area contributed by atoms with Crippen molar-refractivity contribution in [2.45, 2.75) is 44.6 Å². The van der Waals surface area contributed by atoms with E-state index in [0.717, 1.165) is 50.1 Å². The molecule has 4 rings (SSSR count). The van der Waals surface area contributed by atoms with Crippen molar-refractivity contribution in [3.63, 3.8) is 0 Å². The van der Waals surface area contributed by atoms with Crippen LogP contribution < -0.4 is 5.73 Å². The number of hydrogen-bond acceptors (Lipinski definition) is 6. The van der Waals surface area contributed by atoms with E-state index in [9.17, 15) is 4.79 Å². The highest BCUT2D eigenvalue weighted by Crippen LogP contribution is 2.24. The Morgan fingerprint density at radius 3 is 2.89 bits per heavy atom. The zero-order valence-electron chi connectivity index (χ0n) is 15.1. The minimum atomic E-state index is -0.405. The molecule has 0 saturated carbocycles. The van der Waals surface area contributed by atoms with Gasteiger partial charge in [0.1, 0.15) is 5.82 Å². The normalized spacial score (nSPS) is 17.0. The molecule has 1 fully saturated rings. The molecule has 8 heteroatoms. The van der Waals surface area contributed by atoms with Crippen LogP contribution in [0.4, 0.5) is 0 Å². The molecule has 3 heterocycles. The van der Waals surface area contributed by atoms with E-state index in [4.69, 9.17) is 15.5 Å². The van der Waals surface area contributed by atoms with Crippen LogP contribution in [0.3, 0.4) is 0 Å². The topological polar surface area (TPSA) is 95.9 Å². The van der Waals surface area contributed by atoms with Crippen LogP contribution in [0.5, 0.6) is 0 Å². The molecule has 1 unspecified atom stereocenters. The maximum atomic E-state index is 11.2. The third-order valence-corrected chi connectivity index (χ3v) is 5.80. The summed E-state index contributed by atoms with van der Waals surface area (Å²) in [5.74, 6) is 1.03. The smallest absolute Gasteiger partial charge is 0.225 e. The van der Waals surface area contributed by atoms with Crippen LogP contribution in [0.1, 0.15) is 42.0 Å². The fraction of sp³-hybridized carbons (Fsp3) is 0.474. The van der Waals surface area contributed by atoms with Crippen molar-refractivity contribution in [3.8, 4) is 0 Å². The molecule has 1 atom stereocenters. The van der Waals surface area contributed by atoms with Crippen molar-refractivity contribution < 1.29 is 9.53 Å². The molecule has 1 aliphatic heterocycles. The van der Waals surface area contributed by atoms with Gasteiger partial charge in [0.05, 0.1) is 34.3 Å². The fourth-order valence-corrected chi connectivity index (χ4v) is 4.41. The number of primary amides is 1. The minimum absolute atomic E-state index is 0.0826. The quantitative estimate of drug-likeness (QED) is 0.601. The van der Waals surface area contributed by atoms with Crippen LogP contribution in [0.25, 0.3) is 10.2 Å². The van der Waals surface area contributed by atoms with E-state index in [0.29, 0.717) is 12.4 Å². The monoisotopic (exact) mass is 385 g/mol. The molecule has 3 aromatic rings. The Morgan fingerprint density at radius 2 is 2.11 bits per heavy atom. The largest absolute Gasteiger partial charge is 0.379 e. The number of ether oxygens (including phenoxy) is 1. The lowest BCUT2D eigenvalue weighted by Crippen LogP contribution is -2.16. The van der Waals surface area contributed by atoms with Gasteiger partial charge in [-0.2, -0.15) is 5.10 Å². The molecule has 1 aromatic carbocycles. The van der Waals surface area contributed by atoms with Gasteiger partial charge in [0.15, 0.2) is 5.82 Å². The summed E-state index contributed by atoms with van der Waals surface area (Å²) in [5, 5.41) is 5.69. The van der Waals surface area contributed by atoms with Gasteiger partial charge in [0.2, 0.25) is 5.91 Å². The van der Waals surface area contributed by atoms with Gasteiger partial charge in [-0.1, -0.05) is 12.1 Å². The first-order valence-corrected chi connectivity index (χ1v) is 10.2. The van der Waals surface area contributed by atoms with E-state index in [1.54, 1.807) is 11.3 Å². The second-order valence-electron chi connectivity index (χ2n) is 6.83. The van der Waals surface area contributed by atoms with Crippen molar-refractivity contribution in [2.24, 2.45) is 5.73 Å². The van der Waals surface area contributed by atoms with Gasteiger partial charge in [-0.05, 0) is 37.8 Å². The predicted octanol–water partition coefficient (Wildman–Crippen LogP) is 2.44. The number of thiazole rings is 1. The highest BCUT2D eigenvalue weighted by Gasteiger charge is 2.23. The summed E-state index contributed by atoms with van der Waals surface area (Å²) in [6, 6.07) is 8.45. The van der Waals surface area contributed by atoms with Gasteiger partial charge in [-0.15, -0.1) is 11.3 Å². The number of carbonyl (C=O) groups is 1. The maximum Gasteiger partial charge on any atom is 0.225 e. The number of unbranched alkanes of at least 4 members (excludes halogenated alkanes) is 1. The minimum Gasteiger partial charge on any atom is -0.379 e. The summed E-state index contributed by atoms with van der Waals surface area (Å²) < 4.78 is 8.67. The number of carbonyl (C=O) groups excluding carboxylic acids is 1. The highest BCUT2D eigenvalue weighted by atomic mass is 32.1. The molecule has 2 aromatic heterocycles. The molecule has 1 saturated heterocycles. The summed E-state index contributed by atoms with van der Waals surface area (Å²) in [6.45, 7) is 1.39. The van der Waals surface area contributed by atoms with Crippen LogP contribution >= 0.6 is 11.3 Å². The Morgan fingerprint density at radius 1 is 1.26 bits per heavy atom. The first-order valence-electron chi connectivity index (χ1n) is 9.34. The predicted molar refractivity (Wildman–Crippen MR) is 104 cm³/mol. The Kier molecular flexibility index (Phi) is 5.45. The number of fused-ring (bicyclic) bond motifs is 1. The van der Waals surface area contributed by atoms with Crippen molar-refractivity contribution >= 4 is 27.5 Å². The molecule has 1 aliphatic rings. The third-order valence-electron chi connectivity index (χ3n) is 4.71. The van der Waals surface area contributed by atoms with E-state index < -0.39 is 5.91 Å². The Bertz CT molecular complexity index is 896. The molecule has 0 radical (unpaired) electrons. The van der Waals surface area contributed by atoms with E-state index in [2.05, 4.69) is 22.2 Å². The molecule has 1 amide bonds. The lowest BCUT2D eigenvalue weighted by atomic mass is 10.2. The zero-order chi connectivity index (χ0) is 18.6. The van der Waals surface area contributed by atoms with Gasteiger partial charge in [-0.3, -0.25) is 4.79 Å². The van der Waals surface area contributed by atoms with Crippen molar-refractivity contribution in [2.75, 3.05) is 13.2 Å². The van der Waals surface area contributed by atoms with Crippen LogP contribution in [0, 0.1) is 0 Å². The van der Waals surface area contributed by atoms with Crippen molar-refractivity contribution in [3.05, 3.63) is 40.9 Å². The Hall–Kier alpha value is -2.32. The number of aryl methyl sites for hydroxylation is 2. The van der Waals surface area contributed by atoms with Gasteiger partial charge < -0.3 is 10.5 Å². The number of para-hydroxylation sites is 1. The standard InChI is InChI=1S/C19H23N5O2S/c20-16(25)11-17-22-18(24(23-17)13-9-10-26-12-13)7-3-4-8-19-21-14-5-1-2-6-15(14)27-19/h1-2,5-6,13H,3-4,7-12H2,(H2,20,25). The van der Waals surface area contributed by atoms with Gasteiger partial charge in [-0.25, -0.2) is 14.6 Å². The van der Waals surface area contributed by atoms with E-state index >= 15 is 0 Å². The number of hydrogen-bond donors (Lipinski definition) is 1. The highest BCUT2D eigenvalue weighted by molar-refractivity contribution is 7.18.